The molecular formula is C14H17N3O3S. The Bertz CT molecular complexity index is 713. The topological polar surface area (TPSA) is 75.3 Å². The van der Waals surface area contributed by atoms with Crippen molar-refractivity contribution in [2.45, 2.75) is 23.9 Å². The molecule has 1 aliphatic heterocycles. The Morgan fingerprint density at radius 1 is 1.43 bits per heavy atom. The molecule has 7 heteroatoms. The van der Waals surface area contributed by atoms with Gasteiger partial charge in [0.05, 0.1) is 25.7 Å². The lowest BCUT2D eigenvalue weighted by molar-refractivity contribution is 0.389. The van der Waals surface area contributed by atoms with Crippen molar-refractivity contribution in [3.8, 4) is 5.75 Å². The van der Waals surface area contributed by atoms with Gasteiger partial charge in [-0.15, -0.1) is 0 Å². The first-order valence-corrected chi connectivity index (χ1v) is 8.21. The van der Waals surface area contributed by atoms with Gasteiger partial charge in [-0.25, -0.2) is 13.4 Å². The van der Waals surface area contributed by atoms with Crippen molar-refractivity contribution >= 4 is 10.0 Å². The molecule has 1 saturated heterocycles. The van der Waals surface area contributed by atoms with Gasteiger partial charge in [-0.05, 0) is 30.5 Å². The van der Waals surface area contributed by atoms with Crippen LogP contribution in [-0.2, 0) is 10.0 Å². The van der Waals surface area contributed by atoms with Crippen molar-refractivity contribution in [1.82, 2.24) is 14.3 Å². The van der Waals surface area contributed by atoms with Crippen LogP contribution in [0.25, 0.3) is 0 Å². The lowest BCUT2D eigenvalue weighted by atomic mass is 10.1. The molecule has 2 heterocycles. The number of methoxy groups -OCH3 is 1. The summed E-state index contributed by atoms with van der Waals surface area (Å²) in [4.78, 5) is 6.49. The first kappa shape index (κ1) is 14.1. The van der Waals surface area contributed by atoms with Gasteiger partial charge in [0.1, 0.15) is 5.75 Å². The highest BCUT2D eigenvalue weighted by Gasteiger charge is 2.36. The van der Waals surface area contributed by atoms with E-state index in [0.717, 1.165) is 24.2 Å². The fourth-order valence-corrected chi connectivity index (χ4v) is 4.30. The third-order valence-electron chi connectivity index (χ3n) is 3.74. The molecule has 1 fully saturated rings. The van der Waals surface area contributed by atoms with Gasteiger partial charge in [0.2, 0.25) is 0 Å². The molecule has 1 aliphatic rings. The van der Waals surface area contributed by atoms with E-state index >= 15 is 0 Å². The molecule has 1 N–H and O–H groups in total. The van der Waals surface area contributed by atoms with E-state index in [0.29, 0.717) is 6.54 Å². The molecule has 21 heavy (non-hydrogen) atoms. The molecule has 0 amide bonds. The molecule has 112 valence electrons. The molecule has 2 aromatic rings. The molecule has 0 saturated carbocycles. The van der Waals surface area contributed by atoms with Gasteiger partial charge in [0, 0.05) is 6.54 Å². The number of aromatic nitrogens is 2. The molecule has 1 unspecified atom stereocenters. The predicted octanol–water partition coefficient (Wildman–Crippen LogP) is 1.94. The Hall–Kier alpha value is -1.86. The third-order valence-corrected chi connectivity index (χ3v) is 5.58. The minimum atomic E-state index is -3.54. The SMILES string of the molecule is COc1cccc(C2CCCN2S(=O)(=O)c2cnc[nH]2)c1. The van der Waals surface area contributed by atoms with E-state index < -0.39 is 10.0 Å². The first-order chi connectivity index (χ1) is 10.1. The number of nitrogens with one attached hydrogen (secondary N) is 1. The van der Waals surface area contributed by atoms with Crippen molar-refractivity contribution in [3.05, 3.63) is 42.4 Å². The maximum atomic E-state index is 12.7. The molecule has 1 atom stereocenters. The Morgan fingerprint density at radius 3 is 3.00 bits per heavy atom. The summed E-state index contributed by atoms with van der Waals surface area (Å²) < 4.78 is 32.1. The van der Waals surface area contributed by atoms with Crippen molar-refractivity contribution < 1.29 is 13.2 Å². The summed E-state index contributed by atoms with van der Waals surface area (Å²) in [7, 11) is -1.93. The summed E-state index contributed by atoms with van der Waals surface area (Å²) in [6.07, 6.45) is 4.37. The molecule has 0 radical (unpaired) electrons. The van der Waals surface area contributed by atoms with E-state index in [1.54, 1.807) is 7.11 Å². The highest BCUT2D eigenvalue weighted by Crippen LogP contribution is 2.36. The van der Waals surface area contributed by atoms with Gasteiger partial charge in [-0.2, -0.15) is 4.31 Å². The van der Waals surface area contributed by atoms with Crippen molar-refractivity contribution in [3.63, 3.8) is 0 Å². The molecular weight excluding hydrogens is 290 g/mol. The van der Waals surface area contributed by atoms with Crippen LogP contribution in [0.5, 0.6) is 5.75 Å². The molecule has 1 aromatic heterocycles. The number of hydrogen-bond donors (Lipinski definition) is 1. The van der Waals surface area contributed by atoms with Crippen LogP contribution in [0.4, 0.5) is 0 Å². The van der Waals surface area contributed by atoms with E-state index in [9.17, 15) is 8.42 Å². The minimum absolute atomic E-state index is 0.136. The number of benzene rings is 1. The van der Waals surface area contributed by atoms with E-state index in [1.807, 2.05) is 24.3 Å². The lowest BCUT2D eigenvalue weighted by Gasteiger charge is -2.23. The highest BCUT2D eigenvalue weighted by molar-refractivity contribution is 7.89. The van der Waals surface area contributed by atoms with Gasteiger partial charge in [-0.3, -0.25) is 0 Å². The predicted molar refractivity (Wildman–Crippen MR) is 77.4 cm³/mol. The zero-order chi connectivity index (χ0) is 14.9. The second-order valence-electron chi connectivity index (χ2n) is 4.97. The molecule has 0 bridgehead atoms. The summed E-state index contributed by atoms with van der Waals surface area (Å²) in [5, 5.41) is 0.136. The average molecular weight is 307 g/mol. The monoisotopic (exact) mass is 307 g/mol. The van der Waals surface area contributed by atoms with Crippen molar-refractivity contribution in [2.24, 2.45) is 0 Å². The molecule has 0 aliphatic carbocycles. The van der Waals surface area contributed by atoms with Crippen LogP contribution >= 0.6 is 0 Å². The third kappa shape index (κ3) is 2.54. The van der Waals surface area contributed by atoms with Crippen LogP contribution in [0.1, 0.15) is 24.4 Å². The maximum Gasteiger partial charge on any atom is 0.260 e. The number of imidazole rings is 1. The van der Waals surface area contributed by atoms with E-state index in [1.165, 1.54) is 16.8 Å². The largest absolute Gasteiger partial charge is 0.497 e. The van der Waals surface area contributed by atoms with Crippen LogP contribution in [0.15, 0.2) is 41.8 Å². The van der Waals surface area contributed by atoms with E-state index in [2.05, 4.69) is 9.97 Å². The number of hydrogen-bond acceptors (Lipinski definition) is 4. The summed E-state index contributed by atoms with van der Waals surface area (Å²) in [5.74, 6) is 0.735. The van der Waals surface area contributed by atoms with Gasteiger partial charge >= 0.3 is 0 Å². The summed E-state index contributed by atoms with van der Waals surface area (Å²) in [5.41, 5.74) is 0.954. The van der Waals surface area contributed by atoms with Crippen LogP contribution in [0.3, 0.4) is 0 Å². The van der Waals surface area contributed by atoms with Gasteiger partial charge in [0.25, 0.3) is 10.0 Å². The molecule has 6 nitrogen and oxygen atoms in total. The number of ether oxygens (including phenoxy) is 1. The normalized spacial score (nSPS) is 19.8. The maximum absolute atomic E-state index is 12.7. The molecule has 1 aromatic carbocycles. The fraction of sp³-hybridized carbons (Fsp3) is 0.357. The van der Waals surface area contributed by atoms with Crippen LogP contribution in [0, 0.1) is 0 Å². The number of rotatable bonds is 4. The van der Waals surface area contributed by atoms with Gasteiger partial charge in [-0.1, -0.05) is 12.1 Å². The Balaban J connectivity index is 1.96. The Kier molecular flexibility index (Phi) is 3.69. The van der Waals surface area contributed by atoms with E-state index in [-0.39, 0.29) is 11.1 Å². The second kappa shape index (κ2) is 5.50. The number of aromatic amines is 1. The quantitative estimate of drug-likeness (QED) is 0.936. The highest BCUT2D eigenvalue weighted by atomic mass is 32.2. The van der Waals surface area contributed by atoms with Crippen molar-refractivity contribution in [1.29, 1.82) is 0 Å². The van der Waals surface area contributed by atoms with Crippen LogP contribution in [0.2, 0.25) is 0 Å². The first-order valence-electron chi connectivity index (χ1n) is 6.77. The fourth-order valence-electron chi connectivity index (χ4n) is 2.72. The Labute approximate surface area is 123 Å². The summed E-state index contributed by atoms with van der Waals surface area (Å²) in [6.45, 7) is 0.517. The average Bonchev–Trinajstić information content (AvgIpc) is 3.18. The van der Waals surface area contributed by atoms with Gasteiger partial charge < -0.3 is 9.72 Å². The zero-order valence-electron chi connectivity index (χ0n) is 11.7. The van der Waals surface area contributed by atoms with Gasteiger partial charge in [0.15, 0.2) is 5.03 Å². The van der Waals surface area contributed by atoms with E-state index in [4.69, 9.17) is 4.74 Å². The lowest BCUT2D eigenvalue weighted by Crippen LogP contribution is -2.30. The Morgan fingerprint density at radius 2 is 2.29 bits per heavy atom. The number of sulfonamides is 1. The van der Waals surface area contributed by atoms with Crippen LogP contribution in [-0.4, -0.2) is 36.3 Å². The minimum Gasteiger partial charge on any atom is -0.497 e. The summed E-state index contributed by atoms with van der Waals surface area (Å²) >= 11 is 0. The summed E-state index contributed by atoms with van der Waals surface area (Å²) in [6, 6.07) is 7.41. The smallest absolute Gasteiger partial charge is 0.260 e. The van der Waals surface area contributed by atoms with Crippen LogP contribution < -0.4 is 4.74 Å². The zero-order valence-corrected chi connectivity index (χ0v) is 12.5. The standard InChI is InChI=1S/C14H17N3O3S/c1-20-12-5-2-4-11(8-12)13-6-3-7-17(13)21(18,19)14-9-15-10-16-14/h2,4-5,8-10,13H,3,6-7H2,1H3,(H,15,16). The number of H-pyrrole nitrogens is 1. The number of nitrogens with zero attached hydrogens (tertiary/aromatic N) is 2. The molecule has 3 rings (SSSR count). The van der Waals surface area contributed by atoms with Crippen molar-refractivity contribution in [2.75, 3.05) is 13.7 Å². The molecule has 0 spiro atoms. The second-order valence-corrected chi connectivity index (χ2v) is 6.83.